The third-order valence-corrected chi connectivity index (χ3v) is 3.50. The van der Waals surface area contributed by atoms with Crippen LogP contribution in [0.2, 0.25) is 0 Å². The van der Waals surface area contributed by atoms with E-state index in [0.717, 1.165) is 17.9 Å². The summed E-state index contributed by atoms with van der Waals surface area (Å²) < 4.78 is 0. The van der Waals surface area contributed by atoms with Gasteiger partial charge in [-0.15, -0.1) is 0 Å². The summed E-state index contributed by atoms with van der Waals surface area (Å²) in [6, 6.07) is 8.74. The number of nitrogen functional groups attached to an aromatic ring is 1. The first-order valence-electron chi connectivity index (χ1n) is 5.94. The Labute approximate surface area is 97.8 Å². The Morgan fingerprint density at radius 3 is 2.81 bits per heavy atom. The molecule has 1 saturated heterocycles. The third-order valence-electron chi connectivity index (χ3n) is 3.50. The molecule has 0 bridgehead atoms. The monoisotopic (exact) mass is 219 g/mol. The van der Waals surface area contributed by atoms with Crippen LogP contribution >= 0.6 is 0 Å². The second-order valence-corrected chi connectivity index (χ2v) is 4.72. The van der Waals surface area contributed by atoms with E-state index in [-0.39, 0.29) is 0 Å². The Morgan fingerprint density at radius 2 is 2.19 bits per heavy atom. The lowest BCUT2D eigenvalue weighted by Crippen LogP contribution is -2.36. The van der Waals surface area contributed by atoms with Gasteiger partial charge in [0.2, 0.25) is 0 Å². The van der Waals surface area contributed by atoms with Crippen molar-refractivity contribution >= 4 is 11.4 Å². The molecule has 1 unspecified atom stereocenters. The van der Waals surface area contributed by atoms with Crippen LogP contribution < -0.4 is 10.6 Å². The van der Waals surface area contributed by atoms with Crippen molar-refractivity contribution in [2.24, 2.45) is 0 Å². The average Bonchev–Trinajstić information content (AvgIpc) is 2.65. The molecule has 88 valence electrons. The van der Waals surface area contributed by atoms with E-state index < -0.39 is 0 Å². The fourth-order valence-electron chi connectivity index (χ4n) is 2.46. The van der Waals surface area contributed by atoms with Gasteiger partial charge in [0.25, 0.3) is 0 Å². The van der Waals surface area contributed by atoms with Crippen LogP contribution in [0.4, 0.5) is 11.4 Å². The molecule has 3 heteroatoms. The fraction of sp³-hybridized carbons (Fsp3) is 0.538. The lowest BCUT2D eigenvalue weighted by atomic mass is 10.2. The van der Waals surface area contributed by atoms with Crippen molar-refractivity contribution in [2.45, 2.75) is 18.9 Å². The van der Waals surface area contributed by atoms with E-state index in [1.165, 1.54) is 19.4 Å². The summed E-state index contributed by atoms with van der Waals surface area (Å²) in [5, 5.41) is 0. The second-order valence-electron chi connectivity index (χ2n) is 4.72. The summed E-state index contributed by atoms with van der Waals surface area (Å²) >= 11 is 0. The van der Waals surface area contributed by atoms with Gasteiger partial charge in [0.1, 0.15) is 0 Å². The summed E-state index contributed by atoms with van der Waals surface area (Å²) in [5.74, 6) is 0. The molecule has 0 spiro atoms. The van der Waals surface area contributed by atoms with E-state index in [1.54, 1.807) is 0 Å². The van der Waals surface area contributed by atoms with Gasteiger partial charge in [0.05, 0.1) is 11.4 Å². The number of para-hydroxylation sites is 2. The number of hydrogen-bond donors (Lipinski definition) is 1. The minimum atomic E-state index is 0.671. The van der Waals surface area contributed by atoms with Crippen molar-refractivity contribution in [1.29, 1.82) is 0 Å². The highest BCUT2D eigenvalue weighted by molar-refractivity contribution is 5.66. The van der Waals surface area contributed by atoms with E-state index in [1.807, 2.05) is 18.2 Å². The topological polar surface area (TPSA) is 32.5 Å². The van der Waals surface area contributed by atoms with Gasteiger partial charge in [0, 0.05) is 19.6 Å². The maximum Gasteiger partial charge on any atom is 0.0597 e. The molecular weight excluding hydrogens is 198 g/mol. The number of anilines is 2. The van der Waals surface area contributed by atoms with Gasteiger partial charge in [-0.2, -0.15) is 0 Å². The standard InChI is InChI=1S/C13H21N3/c1-15-9-5-6-11(15)10-16(2)13-8-4-3-7-12(13)14/h3-4,7-8,11H,5-6,9-10,14H2,1-2H3. The lowest BCUT2D eigenvalue weighted by Gasteiger charge is -2.28. The van der Waals surface area contributed by atoms with E-state index in [4.69, 9.17) is 5.73 Å². The van der Waals surface area contributed by atoms with Crippen LogP contribution in [0, 0.1) is 0 Å². The normalized spacial score (nSPS) is 21.2. The summed E-state index contributed by atoms with van der Waals surface area (Å²) in [4.78, 5) is 4.71. The number of likely N-dealkylation sites (N-methyl/N-ethyl adjacent to an activating group) is 2. The molecule has 0 aromatic heterocycles. The van der Waals surface area contributed by atoms with Gasteiger partial charge < -0.3 is 15.5 Å². The highest BCUT2D eigenvalue weighted by Gasteiger charge is 2.22. The molecule has 2 N–H and O–H groups in total. The van der Waals surface area contributed by atoms with Crippen LogP contribution in [0.25, 0.3) is 0 Å². The molecule has 2 rings (SSSR count). The molecule has 3 nitrogen and oxygen atoms in total. The molecule has 1 aromatic rings. The van der Waals surface area contributed by atoms with E-state index >= 15 is 0 Å². The van der Waals surface area contributed by atoms with Crippen LogP contribution in [0.15, 0.2) is 24.3 Å². The third kappa shape index (κ3) is 2.30. The highest BCUT2D eigenvalue weighted by atomic mass is 15.2. The smallest absolute Gasteiger partial charge is 0.0597 e. The van der Waals surface area contributed by atoms with Crippen LogP contribution in [-0.4, -0.2) is 38.1 Å². The number of rotatable bonds is 3. The summed E-state index contributed by atoms with van der Waals surface area (Å²) in [5.41, 5.74) is 7.98. The Kier molecular flexibility index (Phi) is 3.34. The Hall–Kier alpha value is -1.22. The summed E-state index contributed by atoms with van der Waals surface area (Å²) in [6.07, 6.45) is 2.62. The van der Waals surface area contributed by atoms with Crippen molar-refractivity contribution in [3.8, 4) is 0 Å². The second kappa shape index (κ2) is 4.74. The Balaban J connectivity index is 2.03. The van der Waals surface area contributed by atoms with Gasteiger partial charge in [-0.05, 0) is 38.6 Å². The zero-order chi connectivity index (χ0) is 11.5. The number of nitrogens with zero attached hydrogens (tertiary/aromatic N) is 2. The van der Waals surface area contributed by atoms with Crippen molar-refractivity contribution in [3.63, 3.8) is 0 Å². The largest absolute Gasteiger partial charge is 0.397 e. The zero-order valence-electron chi connectivity index (χ0n) is 10.2. The van der Waals surface area contributed by atoms with Crippen molar-refractivity contribution in [2.75, 3.05) is 37.8 Å². The molecule has 0 amide bonds. The van der Waals surface area contributed by atoms with E-state index in [2.05, 4.69) is 30.0 Å². The van der Waals surface area contributed by atoms with Crippen LogP contribution in [0.1, 0.15) is 12.8 Å². The maximum absolute atomic E-state index is 5.98. The molecule has 1 atom stereocenters. The van der Waals surface area contributed by atoms with Gasteiger partial charge in [-0.3, -0.25) is 0 Å². The fourth-order valence-corrected chi connectivity index (χ4v) is 2.46. The number of likely N-dealkylation sites (tertiary alicyclic amines) is 1. The molecule has 1 aliphatic heterocycles. The Bertz CT molecular complexity index is 351. The molecule has 1 aromatic carbocycles. The summed E-state index contributed by atoms with van der Waals surface area (Å²) in [6.45, 7) is 2.29. The first-order valence-corrected chi connectivity index (χ1v) is 5.94. The van der Waals surface area contributed by atoms with Gasteiger partial charge >= 0.3 is 0 Å². The van der Waals surface area contributed by atoms with Crippen molar-refractivity contribution in [1.82, 2.24) is 4.90 Å². The molecule has 1 aliphatic rings. The van der Waals surface area contributed by atoms with Crippen LogP contribution in [0.3, 0.4) is 0 Å². The van der Waals surface area contributed by atoms with Gasteiger partial charge in [-0.25, -0.2) is 0 Å². The number of nitrogens with two attached hydrogens (primary N) is 1. The SMILES string of the molecule is CN(CC1CCCN1C)c1ccccc1N. The summed E-state index contributed by atoms with van der Waals surface area (Å²) in [7, 11) is 4.33. The lowest BCUT2D eigenvalue weighted by molar-refractivity contribution is 0.314. The Morgan fingerprint density at radius 1 is 1.44 bits per heavy atom. The highest BCUT2D eigenvalue weighted by Crippen LogP contribution is 2.23. The minimum Gasteiger partial charge on any atom is -0.397 e. The number of hydrogen-bond acceptors (Lipinski definition) is 3. The van der Waals surface area contributed by atoms with Crippen molar-refractivity contribution in [3.05, 3.63) is 24.3 Å². The van der Waals surface area contributed by atoms with Gasteiger partial charge in [0.15, 0.2) is 0 Å². The molecule has 16 heavy (non-hydrogen) atoms. The van der Waals surface area contributed by atoms with Crippen molar-refractivity contribution < 1.29 is 0 Å². The van der Waals surface area contributed by atoms with Crippen LogP contribution in [0.5, 0.6) is 0 Å². The minimum absolute atomic E-state index is 0.671. The van der Waals surface area contributed by atoms with Gasteiger partial charge in [-0.1, -0.05) is 12.1 Å². The predicted molar refractivity (Wildman–Crippen MR) is 69.8 cm³/mol. The first kappa shape index (κ1) is 11.3. The molecule has 0 radical (unpaired) electrons. The molecule has 0 saturated carbocycles. The first-order chi connectivity index (χ1) is 7.68. The van der Waals surface area contributed by atoms with E-state index in [9.17, 15) is 0 Å². The molecule has 1 heterocycles. The quantitative estimate of drug-likeness (QED) is 0.787. The zero-order valence-corrected chi connectivity index (χ0v) is 10.2. The maximum atomic E-state index is 5.98. The average molecular weight is 219 g/mol. The number of benzene rings is 1. The predicted octanol–water partition coefficient (Wildman–Crippen LogP) is 1.80. The molecular formula is C13H21N3. The molecule has 0 aliphatic carbocycles. The van der Waals surface area contributed by atoms with E-state index in [0.29, 0.717) is 6.04 Å². The van der Waals surface area contributed by atoms with Crippen LogP contribution in [-0.2, 0) is 0 Å². The molecule has 1 fully saturated rings.